The molecule has 0 spiro atoms. The first-order valence-electron chi connectivity index (χ1n) is 11.6. The molecule has 1 aliphatic heterocycles. The van der Waals surface area contributed by atoms with Crippen LogP contribution in [0.3, 0.4) is 0 Å². The molecule has 196 valence electrons. The molecule has 0 unspecified atom stereocenters. The van der Waals surface area contributed by atoms with Crippen LogP contribution >= 0.6 is 0 Å². The first-order valence-corrected chi connectivity index (χ1v) is 11.6. The molecule has 3 aromatic rings. The molecule has 0 saturated carbocycles. The third-order valence-electron chi connectivity index (χ3n) is 6.59. The Morgan fingerprint density at radius 3 is 2.30 bits per heavy atom. The van der Waals surface area contributed by atoms with Crippen LogP contribution in [0.1, 0.15) is 44.4 Å². The number of halogens is 4. The second-order valence-corrected chi connectivity index (χ2v) is 9.98. The number of alkyl halides is 3. The zero-order valence-corrected chi connectivity index (χ0v) is 21.0. The van der Waals surface area contributed by atoms with Crippen LogP contribution in [0, 0.1) is 5.82 Å². The lowest BCUT2D eigenvalue weighted by molar-refractivity contribution is -0.138. The van der Waals surface area contributed by atoms with E-state index in [9.17, 15) is 22.4 Å². The van der Waals surface area contributed by atoms with E-state index in [0.717, 1.165) is 6.07 Å². The molecule has 0 aliphatic carbocycles. The van der Waals surface area contributed by atoms with Crippen molar-refractivity contribution in [3.8, 4) is 0 Å². The van der Waals surface area contributed by atoms with Crippen LogP contribution in [0.5, 0.6) is 0 Å². The lowest BCUT2D eigenvalue weighted by Crippen LogP contribution is -2.41. The molecule has 7 nitrogen and oxygen atoms in total. The number of rotatable bonds is 5. The van der Waals surface area contributed by atoms with Gasteiger partial charge in [0, 0.05) is 25.4 Å². The Kier molecular flexibility index (Phi) is 6.85. The number of hydrogen-bond donors (Lipinski definition) is 2. The van der Waals surface area contributed by atoms with Crippen LogP contribution in [0.2, 0.25) is 0 Å². The largest absolute Gasteiger partial charge is 0.494 e. The molecule has 4 rings (SSSR count). The van der Waals surface area contributed by atoms with Gasteiger partial charge in [-0.3, -0.25) is 4.68 Å². The molecule has 0 bridgehead atoms. The van der Waals surface area contributed by atoms with Crippen molar-refractivity contribution >= 4 is 30.0 Å². The SMILES string of the molecule is Cn1cc(Cc2ccc(NC(=O)Nc3ccc(B4OC(C)(C)C(C)(C)O4)cc3F)cc2C(F)(F)F)cn1. The highest BCUT2D eigenvalue weighted by Gasteiger charge is 2.51. The molecule has 2 N–H and O–H groups in total. The van der Waals surface area contributed by atoms with Gasteiger partial charge in [-0.1, -0.05) is 12.1 Å². The molecular weight excluding hydrogens is 491 g/mol. The van der Waals surface area contributed by atoms with Gasteiger partial charge in [-0.2, -0.15) is 18.3 Å². The summed E-state index contributed by atoms with van der Waals surface area (Å²) in [7, 11) is 0.891. The minimum atomic E-state index is -4.64. The Morgan fingerprint density at radius 2 is 1.73 bits per heavy atom. The Bertz CT molecular complexity index is 1310. The van der Waals surface area contributed by atoms with Crippen LogP contribution < -0.4 is 16.1 Å². The van der Waals surface area contributed by atoms with Gasteiger partial charge in [0.25, 0.3) is 0 Å². The lowest BCUT2D eigenvalue weighted by Gasteiger charge is -2.32. The Labute approximate surface area is 212 Å². The fourth-order valence-corrected chi connectivity index (χ4v) is 3.90. The van der Waals surface area contributed by atoms with E-state index < -0.39 is 41.9 Å². The molecule has 2 heterocycles. The van der Waals surface area contributed by atoms with Crippen LogP contribution in [0.4, 0.5) is 33.7 Å². The number of carbonyl (C=O) groups excluding carboxylic acids is 1. The number of carbonyl (C=O) groups is 1. The molecule has 37 heavy (non-hydrogen) atoms. The molecule has 12 heteroatoms. The third-order valence-corrected chi connectivity index (χ3v) is 6.59. The van der Waals surface area contributed by atoms with Gasteiger partial charge < -0.3 is 19.9 Å². The molecule has 2 amide bonds. The number of amides is 2. The minimum absolute atomic E-state index is 0.0233. The van der Waals surface area contributed by atoms with Gasteiger partial charge in [-0.15, -0.1) is 0 Å². The number of urea groups is 1. The fourth-order valence-electron chi connectivity index (χ4n) is 3.90. The van der Waals surface area contributed by atoms with E-state index in [-0.39, 0.29) is 23.4 Å². The van der Waals surface area contributed by atoms with Crippen molar-refractivity contribution in [1.29, 1.82) is 0 Å². The number of aromatic nitrogens is 2. The molecule has 2 aromatic carbocycles. The fraction of sp³-hybridized carbons (Fsp3) is 0.360. The highest BCUT2D eigenvalue weighted by molar-refractivity contribution is 6.62. The smallest absolute Gasteiger partial charge is 0.399 e. The molecular formula is C25H27BF4N4O3. The van der Waals surface area contributed by atoms with Gasteiger partial charge in [0.1, 0.15) is 5.82 Å². The second kappa shape index (κ2) is 9.49. The summed E-state index contributed by atoms with van der Waals surface area (Å²) in [4.78, 5) is 12.5. The van der Waals surface area contributed by atoms with Gasteiger partial charge in [0.05, 0.1) is 28.6 Å². The van der Waals surface area contributed by atoms with Crippen LogP contribution in [-0.4, -0.2) is 34.1 Å². The molecule has 1 aromatic heterocycles. The van der Waals surface area contributed by atoms with Crippen LogP contribution in [0.15, 0.2) is 48.8 Å². The van der Waals surface area contributed by atoms with Crippen molar-refractivity contribution in [2.75, 3.05) is 10.6 Å². The summed E-state index contributed by atoms with van der Waals surface area (Å²) in [6.45, 7) is 7.50. The van der Waals surface area contributed by atoms with E-state index in [1.54, 1.807) is 19.3 Å². The molecule has 0 atom stereocenters. The molecule has 1 fully saturated rings. The van der Waals surface area contributed by atoms with E-state index in [1.807, 2.05) is 27.7 Å². The second-order valence-electron chi connectivity index (χ2n) is 9.98. The zero-order chi connectivity index (χ0) is 27.2. The van der Waals surface area contributed by atoms with Crippen molar-refractivity contribution in [2.45, 2.75) is 51.5 Å². The van der Waals surface area contributed by atoms with Gasteiger partial charge in [0.15, 0.2) is 0 Å². The van der Waals surface area contributed by atoms with E-state index in [1.165, 1.54) is 35.1 Å². The number of nitrogens with one attached hydrogen (secondary N) is 2. The van der Waals surface area contributed by atoms with Crippen molar-refractivity contribution in [1.82, 2.24) is 9.78 Å². The van der Waals surface area contributed by atoms with Gasteiger partial charge in [-0.25, -0.2) is 9.18 Å². The van der Waals surface area contributed by atoms with Crippen molar-refractivity contribution < 1.29 is 31.7 Å². The Hall–Kier alpha value is -3.38. The topological polar surface area (TPSA) is 77.4 Å². The monoisotopic (exact) mass is 518 g/mol. The molecule has 1 aliphatic rings. The van der Waals surface area contributed by atoms with E-state index in [2.05, 4.69) is 15.7 Å². The molecule has 0 radical (unpaired) electrons. The number of anilines is 2. The van der Waals surface area contributed by atoms with Crippen LogP contribution in [-0.2, 0) is 29.0 Å². The summed E-state index contributed by atoms with van der Waals surface area (Å²) in [6, 6.07) is 6.69. The zero-order valence-electron chi connectivity index (χ0n) is 21.0. The summed E-state index contributed by atoms with van der Waals surface area (Å²) < 4.78 is 69.2. The van der Waals surface area contributed by atoms with E-state index >= 15 is 0 Å². The van der Waals surface area contributed by atoms with Gasteiger partial charge in [0.2, 0.25) is 0 Å². The van der Waals surface area contributed by atoms with Crippen LogP contribution in [0.25, 0.3) is 0 Å². The number of hydrogen-bond acceptors (Lipinski definition) is 4. The number of nitrogens with zero attached hydrogens (tertiary/aromatic N) is 2. The van der Waals surface area contributed by atoms with Crippen molar-refractivity contribution in [3.63, 3.8) is 0 Å². The summed E-state index contributed by atoms with van der Waals surface area (Å²) in [6.07, 6.45) is -1.49. The van der Waals surface area contributed by atoms with E-state index in [4.69, 9.17) is 9.31 Å². The Morgan fingerprint density at radius 1 is 1.05 bits per heavy atom. The van der Waals surface area contributed by atoms with Crippen molar-refractivity contribution in [2.24, 2.45) is 7.05 Å². The molecule has 1 saturated heterocycles. The normalized spacial score (nSPS) is 16.6. The summed E-state index contributed by atoms with van der Waals surface area (Å²) >= 11 is 0. The quantitative estimate of drug-likeness (QED) is 0.364. The first-order chi connectivity index (χ1) is 17.1. The standard InChI is InChI=1S/C25H27BF4N4O3/c1-23(2)24(3,4)37-26(36-23)17-7-9-21(20(27)11-17)33-22(35)32-18-8-6-16(19(12-18)25(28,29)30)10-15-13-31-34(5)14-15/h6-9,11-14H,10H2,1-5H3,(H2,32,33,35). The average molecular weight is 518 g/mol. The van der Waals surface area contributed by atoms with Gasteiger partial charge >= 0.3 is 19.3 Å². The maximum atomic E-state index is 14.8. The predicted octanol–water partition coefficient (Wildman–Crippen LogP) is 5.11. The summed E-state index contributed by atoms with van der Waals surface area (Å²) in [5, 5.41) is 8.63. The number of aryl methyl sites for hydroxylation is 1. The summed E-state index contributed by atoms with van der Waals surface area (Å²) in [5.41, 5.74) is -1.24. The number of benzene rings is 2. The first kappa shape index (κ1) is 26.7. The average Bonchev–Trinajstić information content (AvgIpc) is 3.28. The Balaban J connectivity index is 1.46. The summed E-state index contributed by atoms with van der Waals surface area (Å²) in [5.74, 6) is -0.745. The lowest BCUT2D eigenvalue weighted by atomic mass is 9.79. The highest BCUT2D eigenvalue weighted by Crippen LogP contribution is 2.37. The van der Waals surface area contributed by atoms with E-state index in [0.29, 0.717) is 11.0 Å². The van der Waals surface area contributed by atoms with Crippen molar-refractivity contribution in [3.05, 3.63) is 71.3 Å². The maximum Gasteiger partial charge on any atom is 0.494 e. The third kappa shape index (κ3) is 5.80. The predicted molar refractivity (Wildman–Crippen MR) is 132 cm³/mol. The van der Waals surface area contributed by atoms with Gasteiger partial charge in [-0.05, 0) is 68.6 Å². The minimum Gasteiger partial charge on any atom is -0.399 e. The highest BCUT2D eigenvalue weighted by atomic mass is 19.4. The maximum absolute atomic E-state index is 14.8.